The average Bonchev–Trinajstić information content (AvgIpc) is 2.34. The monoisotopic (exact) mass is 325 g/mol. The minimum Gasteiger partial charge on any atom is -0.478 e. The number of hydrogen-bond acceptors (Lipinski definition) is 2. The molecule has 0 aliphatic carbocycles. The number of halogens is 6. The number of nitrogens with zero attached hydrogens (tertiary/aromatic N) is 1. The van der Waals surface area contributed by atoms with E-state index in [-0.39, 0.29) is 5.02 Å². The zero-order chi connectivity index (χ0) is 15.9. The van der Waals surface area contributed by atoms with E-state index in [0.717, 1.165) is 12.1 Å². The fourth-order valence-electron chi connectivity index (χ4n) is 1.91. The van der Waals surface area contributed by atoms with Gasteiger partial charge in [-0.25, -0.2) is 18.6 Å². The second kappa shape index (κ2) is 5.10. The quantitative estimate of drug-likeness (QED) is 0.824. The number of alkyl halides is 5. The number of fused-ring (bicyclic) bond motifs is 1. The van der Waals surface area contributed by atoms with E-state index in [1.165, 1.54) is 6.07 Å². The Kier molecular flexibility index (Phi) is 3.75. The van der Waals surface area contributed by atoms with Gasteiger partial charge in [-0.05, 0) is 18.2 Å². The standard InChI is InChI=1S/C12H5ClF5NO2/c13-4-1-2-6-5(3-4)7(10(14)15)8(11(20)21)9(19-6)12(16,17)18/h1-3,10H,(H,20,21). The van der Waals surface area contributed by atoms with Crippen LogP contribution in [0.3, 0.4) is 0 Å². The highest BCUT2D eigenvalue weighted by Gasteiger charge is 2.41. The molecule has 0 aliphatic rings. The van der Waals surface area contributed by atoms with Gasteiger partial charge < -0.3 is 5.11 Å². The number of benzene rings is 1. The van der Waals surface area contributed by atoms with Crippen LogP contribution in [-0.2, 0) is 6.18 Å². The highest BCUT2D eigenvalue weighted by Crippen LogP contribution is 2.39. The van der Waals surface area contributed by atoms with Crippen molar-refractivity contribution in [2.45, 2.75) is 12.6 Å². The predicted molar refractivity (Wildman–Crippen MR) is 63.7 cm³/mol. The maximum Gasteiger partial charge on any atom is 0.434 e. The molecule has 3 nitrogen and oxygen atoms in total. The van der Waals surface area contributed by atoms with Gasteiger partial charge in [-0.3, -0.25) is 0 Å². The lowest BCUT2D eigenvalue weighted by Gasteiger charge is -2.15. The van der Waals surface area contributed by atoms with Crippen LogP contribution in [0.25, 0.3) is 10.9 Å². The molecule has 1 N–H and O–H groups in total. The number of carboxylic acid groups (broad SMARTS) is 1. The molecule has 0 saturated carbocycles. The molecule has 0 fully saturated rings. The van der Waals surface area contributed by atoms with Crippen LogP contribution in [0.5, 0.6) is 0 Å². The molecule has 0 radical (unpaired) electrons. The summed E-state index contributed by atoms with van der Waals surface area (Å²) in [5.74, 6) is -2.13. The molecular weight excluding hydrogens is 321 g/mol. The number of aromatic nitrogens is 1. The fraction of sp³-hybridized carbons (Fsp3) is 0.167. The summed E-state index contributed by atoms with van der Waals surface area (Å²) in [4.78, 5) is 14.2. The zero-order valence-corrected chi connectivity index (χ0v) is 10.6. The molecule has 0 spiro atoms. The van der Waals surface area contributed by atoms with Crippen molar-refractivity contribution in [1.82, 2.24) is 4.98 Å². The smallest absolute Gasteiger partial charge is 0.434 e. The maximum absolute atomic E-state index is 13.1. The number of hydrogen-bond donors (Lipinski definition) is 1. The molecule has 2 aromatic rings. The van der Waals surface area contributed by atoms with Crippen molar-refractivity contribution in [3.63, 3.8) is 0 Å². The van der Waals surface area contributed by atoms with Crippen molar-refractivity contribution in [3.8, 4) is 0 Å². The third kappa shape index (κ3) is 2.76. The highest BCUT2D eigenvalue weighted by atomic mass is 35.5. The van der Waals surface area contributed by atoms with Crippen LogP contribution < -0.4 is 0 Å². The molecule has 0 atom stereocenters. The van der Waals surface area contributed by atoms with Crippen LogP contribution >= 0.6 is 11.6 Å². The summed E-state index contributed by atoms with van der Waals surface area (Å²) in [7, 11) is 0. The molecule has 0 bridgehead atoms. The minimum absolute atomic E-state index is 0.0257. The molecule has 2 rings (SSSR count). The van der Waals surface area contributed by atoms with Crippen LogP contribution in [0.15, 0.2) is 18.2 Å². The van der Waals surface area contributed by atoms with Crippen molar-refractivity contribution in [3.05, 3.63) is 40.0 Å². The maximum atomic E-state index is 13.1. The molecule has 0 unspecified atom stereocenters. The van der Waals surface area contributed by atoms with Gasteiger partial charge in [-0.1, -0.05) is 11.6 Å². The molecule has 112 valence electrons. The number of carboxylic acids is 1. The molecule has 0 amide bonds. The third-order valence-corrected chi connectivity index (χ3v) is 2.92. The van der Waals surface area contributed by atoms with Crippen LogP contribution in [0, 0.1) is 0 Å². The molecular formula is C12H5ClF5NO2. The Labute approximate surface area is 119 Å². The van der Waals surface area contributed by atoms with Crippen molar-refractivity contribution >= 4 is 28.5 Å². The second-order valence-corrected chi connectivity index (χ2v) is 4.45. The molecule has 0 aliphatic heterocycles. The van der Waals surface area contributed by atoms with Gasteiger partial charge in [0.1, 0.15) is 0 Å². The lowest BCUT2D eigenvalue weighted by atomic mass is 10.00. The van der Waals surface area contributed by atoms with E-state index in [1.807, 2.05) is 0 Å². The lowest BCUT2D eigenvalue weighted by molar-refractivity contribution is -0.141. The number of pyridine rings is 1. The Morgan fingerprint density at radius 3 is 2.38 bits per heavy atom. The van der Waals surface area contributed by atoms with Gasteiger partial charge in [0.25, 0.3) is 6.43 Å². The summed E-state index contributed by atoms with van der Waals surface area (Å²) in [6.45, 7) is 0. The summed E-state index contributed by atoms with van der Waals surface area (Å²) in [5, 5.41) is 8.43. The Balaban J connectivity index is 3.03. The van der Waals surface area contributed by atoms with Gasteiger partial charge in [-0.15, -0.1) is 0 Å². The molecule has 1 heterocycles. The van der Waals surface area contributed by atoms with Gasteiger partial charge >= 0.3 is 12.1 Å². The summed E-state index contributed by atoms with van der Waals surface area (Å²) >= 11 is 5.61. The fourth-order valence-corrected chi connectivity index (χ4v) is 2.08. The Morgan fingerprint density at radius 2 is 1.90 bits per heavy atom. The van der Waals surface area contributed by atoms with E-state index in [0.29, 0.717) is 0 Å². The molecule has 1 aromatic carbocycles. The number of aromatic carboxylic acids is 1. The van der Waals surface area contributed by atoms with E-state index < -0.39 is 46.3 Å². The normalized spacial score (nSPS) is 12.1. The predicted octanol–water partition coefficient (Wildman–Crippen LogP) is 4.54. The van der Waals surface area contributed by atoms with Crippen LogP contribution in [-0.4, -0.2) is 16.1 Å². The van der Waals surface area contributed by atoms with Crippen molar-refractivity contribution in [1.29, 1.82) is 0 Å². The Hall–Kier alpha value is -1.96. The zero-order valence-electron chi connectivity index (χ0n) is 9.88. The largest absolute Gasteiger partial charge is 0.478 e. The third-order valence-electron chi connectivity index (χ3n) is 2.69. The first kappa shape index (κ1) is 15.4. The topological polar surface area (TPSA) is 50.2 Å². The van der Waals surface area contributed by atoms with Crippen LogP contribution in [0.4, 0.5) is 22.0 Å². The summed E-state index contributed by atoms with van der Waals surface area (Å²) in [6, 6.07) is 3.15. The van der Waals surface area contributed by atoms with Gasteiger partial charge in [0.15, 0.2) is 5.69 Å². The Morgan fingerprint density at radius 1 is 1.29 bits per heavy atom. The highest BCUT2D eigenvalue weighted by molar-refractivity contribution is 6.31. The van der Waals surface area contributed by atoms with Crippen LogP contribution in [0.1, 0.15) is 28.0 Å². The first-order chi connectivity index (χ1) is 9.62. The van der Waals surface area contributed by atoms with E-state index >= 15 is 0 Å². The first-order valence-corrected chi connectivity index (χ1v) is 5.72. The SMILES string of the molecule is O=C(O)c1c(C(F)(F)F)nc2ccc(Cl)cc2c1C(F)F. The van der Waals surface area contributed by atoms with Gasteiger partial charge in [0, 0.05) is 16.0 Å². The lowest BCUT2D eigenvalue weighted by Crippen LogP contribution is -2.18. The summed E-state index contributed by atoms with van der Waals surface area (Å²) < 4.78 is 64.8. The molecule has 21 heavy (non-hydrogen) atoms. The van der Waals surface area contributed by atoms with E-state index in [4.69, 9.17) is 16.7 Å². The average molecular weight is 326 g/mol. The summed E-state index contributed by atoms with van der Waals surface area (Å²) in [6.07, 6.45) is -8.60. The molecule has 0 saturated heterocycles. The molecule has 1 aromatic heterocycles. The van der Waals surface area contributed by atoms with Crippen LogP contribution in [0.2, 0.25) is 5.02 Å². The van der Waals surface area contributed by atoms with Gasteiger partial charge in [0.05, 0.1) is 11.1 Å². The van der Waals surface area contributed by atoms with Gasteiger partial charge in [0.2, 0.25) is 0 Å². The van der Waals surface area contributed by atoms with Crippen molar-refractivity contribution in [2.75, 3.05) is 0 Å². The van der Waals surface area contributed by atoms with Crippen molar-refractivity contribution < 1.29 is 31.9 Å². The number of carbonyl (C=O) groups is 1. The first-order valence-electron chi connectivity index (χ1n) is 5.34. The number of rotatable bonds is 2. The Bertz CT molecular complexity index is 730. The minimum atomic E-state index is -5.18. The molecule has 9 heteroatoms. The van der Waals surface area contributed by atoms with E-state index in [9.17, 15) is 26.7 Å². The van der Waals surface area contributed by atoms with Crippen molar-refractivity contribution in [2.24, 2.45) is 0 Å². The second-order valence-electron chi connectivity index (χ2n) is 4.01. The summed E-state index contributed by atoms with van der Waals surface area (Å²) in [5.41, 5.74) is -5.08. The van der Waals surface area contributed by atoms with Gasteiger partial charge in [-0.2, -0.15) is 13.2 Å². The van der Waals surface area contributed by atoms with E-state index in [2.05, 4.69) is 4.98 Å². The van der Waals surface area contributed by atoms with E-state index in [1.54, 1.807) is 0 Å².